The second-order valence-electron chi connectivity index (χ2n) is 8.21. The van der Waals surface area contributed by atoms with Gasteiger partial charge in [-0.05, 0) is 74.1 Å². The van der Waals surface area contributed by atoms with E-state index in [9.17, 15) is 9.59 Å². The number of nitrogens with zero attached hydrogens (tertiary/aromatic N) is 1. The van der Waals surface area contributed by atoms with Gasteiger partial charge in [0.2, 0.25) is 5.91 Å². The Morgan fingerprint density at radius 1 is 1.09 bits per heavy atom. The van der Waals surface area contributed by atoms with Gasteiger partial charge in [0.05, 0.1) is 0 Å². The number of amides is 2. The molecule has 5 nitrogen and oxygen atoms in total. The van der Waals surface area contributed by atoms with E-state index >= 15 is 0 Å². The van der Waals surface area contributed by atoms with Gasteiger partial charge in [0, 0.05) is 18.1 Å². The fraction of sp³-hybridized carbons (Fsp3) is 0.462. The predicted molar refractivity (Wildman–Crippen MR) is 130 cm³/mol. The number of nitrogens with one attached hydrogen (secondary N) is 1. The summed E-state index contributed by atoms with van der Waals surface area (Å²) in [5.41, 5.74) is 4.12. The zero-order valence-electron chi connectivity index (χ0n) is 19.8. The summed E-state index contributed by atoms with van der Waals surface area (Å²) in [6, 6.07) is 10.8. The molecule has 6 heteroatoms. The molecule has 2 aromatic carbocycles. The van der Waals surface area contributed by atoms with Crippen LogP contribution < -0.4 is 10.1 Å². The molecule has 0 aromatic heterocycles. The van der Waals surface area contributed by atoms with Crippen molar-refractivity contribution in [2.45, 2.75) is 66.5 Å². The van der Waals surface area contributed by atoms with Crippen molar-refractivity contribution in [3.8, 4) is 5.75 Å². The highest BCUT2D eigenvalue weighted by atomic mass is 35.5. The van der Waals surface area contributed by atoms with Crippen LogP contribution in [0.3, 0.4) is 0 Å². The Morgan fingerprint density at radius 2 is 1.78 bits per heavy atom. The SMILES string of the molecule is CCCCNC(=O)[C@H](CC)N(Cc1ccc(Cl)cc1)C(=O)COc1cc(C)cc(C)c1C. The van der Waals surface area contributed by atoms with Gasteiger partial charge in [0.15, 0.2) is 6.61 Å². The number of hydrogen-bond acceptors (Lipinski definition) is 3. The fourth-order valence-electron chi connectivity index (χ4n) is 3.59. The second kappa shape index (κ2) is 12.5. The molecule has 0 aliphatic rings. The average molecular weight is 459 g/mol. The van der Waals surface area contributed by atoms with E-state index < -0.39 is 6.04 Å². The molecule has 1 atom stereocenters. The topological polar surface area (TPSA) is 58.6 Å². The van der Waals surface area contributed by atoms with Crippen LogP contribution in [0.2, 0.25) is 5.02 Å². The maximum atomic E-state index is 13.3. The van der Waals surface area contributed by atoms with Gasteiger partial charge in [-0.15, -0.1) is 0 Å². The summed E-state index contributed by atoms with van der Waals surface area (Å²) >= 11 is 6.02. The first kappa shape index (κ1) is 25.7. The van der Waals surface area contributed by atoms with Crippen molar-refractivity contribution < 1.29 is 14.3 Å². The van der Waals surface area contributed by atoms with E-state index in [-0.39, 0.29) is 18.4 Å². The maximum absolute atomic E-state index is 13.3. The Bertz CT molecular complexity index is 912. The molecule has 174 valence electrons. The van der Waals surface area contributed by atoms with Gasteiger partial charge < -0.3 is 15.0 Å². The third-order valence-electron chi connectivity index (χ3n) is 5.60. The van der Waals surface area contributed by atoms with E-state index in [0.717, 1.165) is 35.1 Å². The van der Waals surface area contributed by atoms with Gasteiger partial charge in [-0.3, -0.25) is 9.59 Å². The molecule has 0 radical (unpaired) electrons. The summed E-state index contributed by atoms with van der Waals surface area (Å²) in [5.74, 6) is 0.338. The fourth-order valence-corrected chi connectivity index (χ4v) is 3.71. The Kier molecular flexibility index (Phi) is 10.0. The lowest BCUT2D eigenvalue weighted by molar-refractivity contribution is -0.143. The van der Waals surface area contributed by atoms with Crippen molar-refractivity contribution in [1.29, 1.82) is 0 Å². The lowest BCUT2D eigenvalue weighted by Gasteiger charge is -2.30. The third-order valence-corrected chi connectivity index (χ3v) is 5.85. The van der Waals surface area contributed by atoms with Crippen LogP contribution >= 0.6 is 11.6 Å². The van der Waals surface area contributed by atoms with Crippen LogP contribution in [-0.2, 0) is 16.1 Å². The standard InChI is InChI=1S/C26H35ClN2O3/c1-6-8-13-28-26(31)23(7-2)29(16-21-9-11-22(27)12-10-21)25(30)17-32-24-15-18(3)14-19(4)20(24)5/h9-12,14-15,23H,6-8,13,16-17H2,1-5H3,(H,28,31)/t23-/m0/s1. The molecule has 0 bridgehead atoms. The molecule has 0 unspecified atom stereocenters. The summed E-state index contributed by atoms with van der Waals surface area (Å²) in [5, 5.41) is 3.60. The molecule has 0 aliphatic heterocycles. The molecule has 0 fully saturated rings. The highest BCUT2D eigenvalue weighted by molar-refractivity contribution is 6.30. The smallest absolute Gasteiger partial charge is 0.261 e. The van der Waals surface area contributed by atoms with Crippen molar-refractivity contribution in [3.63, 3.8) is 0 Å². The van der Waals surface area contributed by atoms with Crippen molar-refractivity contribution in [1.82, 2.24) is 10.2 Å². The Morgan fingerprint density at radius 3 is 2.41 bits per heavy atom. The van der Waals surface area contributed by atoms with E-state index in [4.69, 9.17) is 16.3 Å². The van der Waals surface area contributed by atoms with Crippen LogP contribution in [0.1, 0.15) is 55.4 Å². The van der Waals surface area contributed by atoms with Crippen molar-refractivity contribution in [2.75, 3.05) is 13.2 Å². The summed E-state index contributed by atoms with van der Waals surface area (Å²) in [6.45, 7) is 10.8. The number of rotatable bonds is 11. The molecule has 0 saturated carbocycles. The molecule has 0 heterocycles. The van der Waals surface area contributed by atoms with E-state index in [1.54, 1.807) is 17.0 Å². The molecular formula is C26H35ClN2O3. The minimum absolute atomic E-state index is 0.129. The largest absolute Gasteiger partial charge is 0.483 e. The monoisotopic (exact) mass is 458 g/mol. The summed E-state index contributed by atoms with van der Waals surface area (Å²) in [6.07, 6.45) is 2.41. The molecule has 2 amide bonds. The lowest BCUT2D eigenvalue weighted by Crippen LogP contribution is -2.50. The first-order valence-electron chi connectivity index (χ1n) is 11.3. The molecule has 1 N–H and O–H groups in total. The van der Waals surface area contributed by atoms with Gasteiger partial charge in [-0.25, -0.2) is 0 Å². The van der Waals surface area contributed by atoms with Gasteiger partial charge in [-0.2, -0.15) is 0 Å². The number of hydrogen-bond donors (Lipinski definition) is 1. The minimum Gasteiger partial charge on any atom is -0.483 e. The van der Waals surface area contributed by atoms with E-state index in [1.807, 2.05) is 45.9 Å². The molecular weight excluding hydrogens is 424 g/mol. The molecule has 2 rings (SSSR count). The van der Waals surface area contributed by atoms with Crippen LogP contribution in [0.25, 0.3) is 0 Å². The van der Waals surface area contributed by atoms with Crippen LogP contribution in [0, 0.1) is 20.8 Å². The normalized spacial score (nSPS) is 11.7. The molecule has 0 spiro atoms. The maximum Gasteiger partial charge on any atom is 0.261 e. The van der Waals surface area contributed by atoms with Gasteiger partial charge in [0.1, 0.15) is 11.8 Å². The molecule has 0 saturated heterocycles. The van der Waals surface area contributed by atoms with Gasteiger partial charge in [-0.1, -0.05) is 50.1 Å². The van der Waals surface area contributed by atoms with Crippen molar-refractivity contribution in [3.05, 3.63) is 63.7 Å². The number of carbonyl (C=O) groups excluding carboxylic acids is 2. The lowest BCUT2D eigenvalue weighted by atomic mass is 10.1. The summed E-state index contributed by atoms with van der Waals surface area (Å²) in [7, 11) is 0. The number of aryl methyl sites for hydroxylation is 2. The van der Waals surface area contributed by atoms with Crippen LogP contribution in [-0.4, -0.2) is 35.9 Å². The highest BCUT2D eigenvalue weighted by Crippen LogP contribution is 2.24. The first-order chi connectivity index (χ1) is 15.3. The van der Waals surface area contributed by atoms with Crippen LogP contribution in [0.4, 0.5) is 0 Å². The summed E-state index contributed by atoms with van der Waals surface area (Å²) in [4.78, 5) is 27.8. The Hall–Kier alpha value is -2.53. The van der Waals surface area contributed by atoms with Crippen molar-refractivity contribution >= 4 is 23.4 Å². The third kappa shape index (κ3) is 7.27. The first-order valence-corrected chi connectivity index (χ1v) is 11.7. The Labute approximate surface area is 197 Å². The zero-order chi connectivity index (χ0) is 23.7. The molecule has 0 aliphatic carbocycles. The van der Waals surface area contributed by atoms with Crippen molar-refractivity contribution in [2.24, 2.45) is 0 Å². The van der Waals surface area contributed by atoms with E-state index in [2.05, 4.69) is 18.3 Å². The minimum atomic E-state index is -0.570. The van der Waals surface area contributed by atoms with Crippen LogP contribution in [0.5, 0.6) is 5.75 Å². The van der Waals surface area contributed by atoms with Crippen LogP contribution in [0.15, 0.2) is 36.4 Å². The predicted octanol–water partition coefficient (Wildman–Crippen LogP) is 5.37. The quantitative estimate of drug-likeness (QED) is 0.460. The second-order valence-corrected chi connectivity index (χ2v) is 8.65. The number of unbranched alkanes of at least 4 members (excludes halogenated alkanes) is 1. The van der Waals surface area contributed by atoms with Gasteiger partial charge in [0.25, 0.3) is 5.91 Å². The van der Waals surface area contributed by atoms with E-state index in [1.165, 1.54) is 0 Å². The zero-order valence-corrected chi connectivity index (χ0v) is 20.6. The molecule has 32 heavy (non-hydrogen) atoms. The highest BCUT2D eigenvalue weighted by Gasteiger charge is 2.29. The summed E-state index contributed by atoms with van der Waals surface area (Å²) < 4.78 is 5.93. The average Bonchev–Trinajstić information content (AvgIpc) is 2.76. The van der Waals surface area contributed by atoms with Gasteiger partial charge >= 0.3 is 0 Å². The molecule has 2 aromatic rings. The van der Waals surface area contributed by atoms with E-state index in [0.29, 0.717) is 30.3 Å². The Balaban J connectivity index is 2.22. The number of benzene rings is 2. The number of ether oxygens (including phenoxy) is 1. The number of halogens is 1. The number of carbonyl (C=O) groups is 2.